The van der Waals surface area contributed by atoms with Crippen molar-refractivity contribution in [1.29, 1.82) is 0 Å². The van der Waals surface area contributed by atoms with Crippen LogP contribution in [0.3, 0.4) is 0 Å². The van der Waals surface area contributed by atoms with Gasteiger partial charge in [0, 0.05) is 11.3 Å². The van der Waals surface area contributed by atoms with E-state index in [1.807, 2.05) is 0 Å². The first-order valence-electron chi connectivity index (χ1n) is 6.78. The Morgan fingerprint density at radius 3 is 2.30 bits per heavy atom. The third-order valence-electron chi connectivity index (χ3n) is 3.34. The Balaban J connectivity index is 1.79. The molecule has 3 aromatic rings. The molecule has 7 heteroatoms. The summed E-state index contributed by atoms with van der Waals surface area (Å²) < 4.78 is 4.61. The van der Waals surface area contributed by atoms with Crippen molar-refractivity contribution in [3.05, 3.63) is 64.1 Å². The van der Waals surface area contributed by atoms with Gasteiger partial charge in [0.15, 0.2) is 0 Å². The summed E-state index contributed by atoms with van der Waals surface area (Å²) in [6.45, 7) is 0. The molecular formula is C16H13N3O4. The molecule has 3 rings (SSSR count). The Morgan fingerprint density at radius 2 is 1.61 bits per heavy atom. The fourth-order valence-corrected chi connectivity index (χ4v) is 2.18. The van der Waals surface area contributed by atoms with Crippen LogP contribution in [-0.4, -0.2) is 29.0 Å². The summed E-state index contributed by atoms with van der Waals surface area (Å²) in [5.41, 5.74) is 2.22. The summed E-state index contributed by atoms with van der Waals surface area (Å²) in [5, 5.41) is 2.72. The van der Waals surface area contributed by atoms with Gasteiger partial charge in [-0.15, -0.1) is 0 Å². The van der Waals surface area contributed by atoms with Crippen molar-refractivity contribution in [3.63, 3.8) is 0 Å². The number of H-pyrrole nitrogens is 2. The van der Waals surface area contributed by atoms with E-state index in [1.54, 1.807) is 42.5 Å². The number of aromatic amines is 2. The van der Waals surface area contributed by atoms with Crippen LogP contribution >= 0.6 is 0 Å². The SMILES string of the molecule is COC(=O)c1ccc(NC(=O)c2ccc3[nH]c(=O)[nH]c3c2)cc1. The molecule has 7 nitrogen and oxygen atoms in total. The van der Waals surface area contributed by atoms with E-state index in [0.717, 1.165) is 0 Å². The van der Waals surface area contributed by atoms with Crippen molar-refractivity contribution in [3.8, 4) is 0 Å². The van der Waals surface area contributed by atoms with Gasteiger partial charge in [-0.1, -0.05) is 0 Å². The number of carbonyl (C=O) groups is 2. The molecule has 0 bridgehead atoms. The quantitative estimate of drug-likeness (QED) is 0.642. The van der Waals surface area contributed by atoms with Crippen molar-refractivity contribution >= 4 is 28.6 Å². The van der Waals surface area contributed by atoms with Crippen molar-refractivity contribution in [1.82, 2.24) is 9.97 Å². The number of amides is 1. The van der Waals surface area contributed by atoms with E-state index in [-0.39, 0.29) is 11.6 Å². The molecule has 0 spiro atoms. The number of methoxy groups -OCH3 is 1. The molecule has 0 atom stereocenters. The zero-order valence-corrected chi connectivity index (χ0v) is 12.2. The maximum atomic E-state index is 12.2. The lowest BCUT2D eigenvalue weighted by Gasteiger charge is -2.06. The molecule has 2 aromatic carbocycles. The summed E-state index contributed by atoms with van der Waals surface area (Å²) in [5.74, 6) is -0.760. The standard InChI is InChI=1S/C16H13N3O4/c1-23-15(21)9-2-5-11(6-3-9)17-14(20)10-4-7-12-13(8-10)19-16(22)18-12/h2-8H,1H3,(H,17,20)(H2,18,19,22). The van der Waals surface area contributed by atoms with Crippen molar-refractivity contribution in [2.24, 2.45) is 0 Å². The molecule has 0 fully saturated rings. The largest absolute Gasteiger partial charge is 0.465 e. The first-order chi connectivity index (χ1) is 11.1. The molecule has 0 radical (unpaired) electrons. The number of imidazole rings is 1. The molecule has 116 valence electrons. The number of hydrogen-bond acceptors (Lipinski definition) is 4. The van der Waals surface area contributed by atoms with Crippen LogP contribution in [0.15, 0.2) is 47.3 Å². The van der Waals surface area contributed by atoms with Crippen molar-refractivity contribution < 1.29 is 14.3 Å². The minimum atomic E-state index is -0.440. The zero-order chi connectivity index (χ0) is 16.4. The maximum Gasteiger partial charge on any atom is 0.337 e. The van der Waals surface area contributed by atoms with E-state index < -0.39 is 5.97 Å². The summed E-state index contributed by atoms with van der Waals surface area (Å²) >= 11 is 0. The van der Waals surface area contributed by atoms with Crippen molar-refractivity contribution in [2.45, 2.75) is 0 Å². The second-order valence-corrected chi connectivity index (χ2v) is 4.86. The normalized spacial score (nSPS) is 10.5. The predicted molar refractivity (Wildman–Crippen MR) is 84.7 cm³/mol. The fraction of sp³-hybridized carbons (Fsp3) is 0.0625. The van der Waals surface area contributed by atoms with Gasteiger partial charge in [0.25, 0.3) is 5.91 Å². The highest BCUT2D eigenvalue weighted by molar-refractivity contribution is 6.06. The topological polar surface area (TPSA) is 104 Å². The first-order valence-corrected chi connectivity index (χ1v) is 6.78. The minimum absolute atomic E-state index is 0.320. The number of esters is 1. The zero-order valence-electron chi connectivity index (χ0n) is 12.2. The number of benzene rings is 2. The number of rotatable bonds is 3. The van der Waals surface area contributed by atoms with Crippen LogP contribution in [0, 0.1) is 0 Å². The average Bonchev–Trinajstić information content (AvgIpc) is 2.93. The van der Waals surface area contributed by atoms with Crippen LogP contribution in [0.4, 0.5) is 5.69 Å². The van der Waals surface area contributed by atoms with Crippen LogP contribution in [0.1, 0.15) is 20.7 Å². The van der Waals surface area contributed by atoms with Gasteiger partial charge in [-0.25, -0.2) is 9.59 Å². The Labute approximate surface area is 130 Å². The van der Waals surface area contributed by atoms with Gasteiger partial charge in [-0.3, -0.25) is 4.79 Å². The monoisotopic (exact) mass is 311 g/mol. The smallest absolute Gasteiger partial charge is 0.337 e. The van der Waals surface area contributed by atoms with Gasteiger partial charge in [0.05, 0.1) is 23.7 Å². The number of ether oxygens (including phenoxy) is 1. The number of carbonyl (C=O) groups excluding carboxylic acids is 2. The number of hydrogen-bond donors (Lipinski definition) is 3. The lowest BCUT2D eigenvalue weighted by molar-refractivity contribution is 0.0600. The molecule has 3 N–H and O–H groups in total. The van der Waals surface area contributed by atoms with Crippen LogP contribution in [0.2, 0.25) is 0 Å². The Bertz CT molecular complexity index is 938. The molecule has 0 aliphatic rings. The van der Waals surface area contributed by atoms with E-state index in [1.165, 1.54) is 7.11 Å². The average molecular weight is 311 g/mol. The van der Waals surface area contributed by atoms with Gasteiger partial charge in [-0.05, 0) is 42.5 Å². The Morgan fingerprint density at radius 1 is 0.957 bits per heavy atom. The highest BCUT2D eigenvalue weighted by Crippen LogP contribution is 2.14. The van der Waals surface area contributed by atoms with Gasteiger partial charge in [0.1, 0.15) is 0 Å². The minimum Gasteiger partial charge on any atom is -0.465 e. The summed E-state index contributed by atoms with van der Waals surface area (Å²) in [6, 6.07) is 11.2. The third-order valence-corrected chi connectivity index (χ3v) is 3.34. The summed E-state index contributed by atoms with van der Waals surface area (Å²) in [7, 11) is 1.31. The van der Waals surface area contributed by atoms with Crippen molar-refractivity contribution in [2.75, 3.05) is 12.4 Å². The number of anilines is 1. The fourth-order valence-electron chi connectivity index (χ4n) is 2.18. The molecule has 0 aliphatic carbocycles. The molecule has 0 saturated carbocycles. The van der Waals surface area contributed by atoms with Crippen LogP contribution < -0.4 is 11.0 Å². The second-order valence-electron chi connectivity index (χ2n) is 4.86. The van der Waals surface area contributed by atoms with Gasteiger partial charge < -0.3 is 20.0 Å². The molecule has 1 heterocycles. The van der Waals surface area contributed by atoms with Gasteiger partial charge >= 0.3 is 11.7 Å². The van der Waals surface area contributed by atoms with Crippen LogP contribution in [0.25, 0.3) is 11.0 Å². The summed E-state index contributed by atoms with van der Waals surface area (Å²) in [4.78, 5) is 40.0. The van der Waals surface area contributed by atoms with Gasteiger partial charge in [0.2, 0.25) is 0 Å². The first kappa shape index (κ1) is 14.6. The van der Waals surface area contributed by atoms with E-state index in [4.69, 9.17) is 0 Å². The number of fused-ring (bicyclic) bond motifs is 1. The Kier molecular flexibility index (Phi) is 3.68. The molecule has 0 unspecified atom stereocenters. The third kappa shape index (κ3) is 2.98. The van der Waals surface area contributed by atoms with Crippen LogP contribution in [0.5, 0.6) is 0 Å². The molecule has 23 heavy (non-hydrogen) atoms. The summed E-state index contributed by atoms with van der Waals surface area (Å²) in [6.07, 6.45) is 0. The lowest BCUT2D eigenvalue weighted by atomic mass is 10.1. The highest BCUT2D eigenvalue weighted by atomic mass is 16.5. The second kappa shape index (κ2) is 5.80. The Hall–Kier alpha value is -3.35. The van der Waals surface area contributed by atoms with Gasteiger partial charge in [-0.2, -0.15) is 0 Å². The van der Waals surface area contributed by atoms with E-state index >= 15 is 0 Å². The highest BCUT2D eigenvalue weighted by Gasteiger charge is 2.09. The predicted octanol–water partition coefficient (Wildman–Crippen LogP) is 1.90. The molecule has 0 aliphatic heterocycles. The maximum absolute atomic E-state index is 12.2. The van der Waals surface area contributed by atoms with E-state index in [0.29, 0.717) is 27.8 Å². The lowest BCUT2D eigenvalue weighted by Crippen LogP contribution is -2.12. The number of nitrogens with one attached hydrogen (secondary N) is 3. The van der Waals surface area contributed by atoms with Crippen LogP contribution in [-0.2, 0) is 4.74 Å². The molecule has 1 amide bonds. The molecule has 0 saturated heterocycles. The molecule has 1 aromatic heterocycles. The number of aromatic nitrogens is 2. The van der Waals surface area contributed by atoms with E-state index in [2.05, 4.69) is 20.0 Å². The van der Waals surface area contributed by atoms with E-state index in [9.17, 15) is 14.4 Å². The molecular weight excluding hydrogens is 298 g/mol.